The van der Waals surface area contributed by atoms with Crippen LogP contribution in [0.25, 0.3) is 0 Å². The maximum absolute atomic E-state index is 13.8. The second-order valence-corrected chi connectivity index (χ2v) is 5.97. The first kappa shape index (κ1) is 16.6. The van der Waals surface area contributed by atoms with E-state index in [1.165, 1.54) is 6.07 Å². The maximum atomic E-state index is 13.8. The third kappa shape index (κ3) is 3.46. The van der Waals surface area contributed by atoms with Gasteiger partial charge in [0.25, 0.3) is 5.91 Å². The van der Waals surface area contributed by atoms with E-state index in [1.807, 2.05) is 24.3 Å². The van der Waals surface area contributed by atoms with Crippen LogP contribution in [0.2, 0.25) is 5.02 Å². The average Bonchev–Trinajstić information content (AvgIpc) is 2.58. The highest BCUT2D eigenvalue weighted by Crippen LogP contribution is 2.31. The number of hydrogen-bond donors (Lipinski definition) is 1. The lowest BCUT2D eigenvalue weighted by molar-refractivity contribution is 0.0811. The number of hydrogen-bond acceptors (Lipinski definition) is 3. The van der Waals surface area contributed by atoms with Crippen molar-refractivity contribution < 1.29 is 18.7 Å². The number of halogens is 2. The average molecular weight is 350 g/mol. The highest BCUT2D eigenvalue weighted by molar-refractivity contribution is 6.34. The van der Waals surface area contributed by atoms with Gasteiger partial charge in [-0.2, -0.15) is 0 Å². The van der Waals surface area contributed by atoms with Crippen LogP contribution in [0.15, 0.2) is 36.4 Å². The molecule has 3 rings (SSSR count). The number of carbonyl (C=O) groups excluding carboxylic acids is 1. The maximum Gasteiger partial charge on any atom is 0.255 e. The van der Waals surface area contributed by atoms with E-state index in [2.05, 4.69) is 5.32 Å². The normalized spacial score (nSPS) is 15.9. The summed E-state index contributed by atoms with van der Waals surface area (Å²) >= 11 is 6.03. The molecule has 2 aromatic rings. The van der Waals surface area contributed by atoms with Crippen molar-refractivity contribution in [1.82, 2.24) is 5.32 Å². The fourth-order valence-electron chi connectivity index (χ4n) is 2.51. The summed E-state index contributed by atoms with van der Waals surface area (Å²) in [6.45, 7) is 2.47. The first-order valence-corrected chi connectivity index (χ1v) is 8.05. The number of para-hydroxylation sites is 2. The number of ether oxygens (including phenoxy) is 2. The van der Waals surface area contributed by atoms with E-state index in [1.54, 1.807) is 13.0 Å². The minimum Gasteiger partial charge on any atom is -0.486 e. The van der Waals surface area contributed by atoms with Crippen molar-refractivity contribution in [3.05, 3.63) is 58.4 Å². The number of aryl methyl sites for hydroxylation is 1. The second-order valence-electron chi connectivity index (χ2n) is 5.60. The molecule has 0 saturated carbocycles. The summed E-state index contributed by atoms with van der Waals surface area (Å²) in [6.07, 6.45) is 0.378. The Kier molecular flexibility index (Phi) is 4.90. The molecule has 0 unspecified atom stereocenters. The molecule has 1 aliphatic rings. The summed E-state index contributed by atoms with van der Waals surface area (Å²) in [5.74, 6) is 0.242. The van der Waals surface area contributed by atoms with Gasteiger partial charge in [0.15, 0.2) is 11.5 Å². The van der Waals surface area contributed by atoms with Gasteiger partial charge in [0, 0.05) is 13.0 Å². The zero-order valence-electron chi connectivity index (χ0n) is 13.1. The number of fused-ring (bicyclic) bond motifs is 1. The zero-order valence-corrected chi connectivity index (χ0v) is 13.9. The molecule has 1 aliphatic heterocycles. The molecule has 0 aromatic heterocycles. The lowest BCUT2D eigenvalue weighted by Gasteiger charge is -2.26. The summed E-state index contributed by atoms with van der Waals surface area (Å²) in [5.41, 5.74) is 0.534. The van der Waals surface area contributed by atoms with E-state index < -0.39 is 11.7 Å². The lowest BCUT2D eigenvalue weighted by Crippen LogP contribution is -2.34. The van der Waals surface area contributed by atoms with Gasteiger partial charge < -0.3 is 14.8 Å². The van der Waals surface area contributed by atoms with Gasteiger partial charge >= 0.3 is 0 Å². The minimum absolute atomic E-state index is 0.122. The van der Waals surface area contributed by atoms with E-state index in [0.717, 1.165) is 0 Å². The van der Waals surface area contributed by atoms with E-state index in [9.17, 15) is 9.18 Å². The summed E-state index contributed by atoms with van der Waals surface area (Å²) in [4.78, 5) is 12.2. The van der Waals surface area contributed by atoms with Gasteiger partial charge in [-0.05, 0) is 30.7 Å². The number of amides is 1. The zero-order chi connectivity index (χ0) is 17.1. The standard InChI is InChI=1S/C18H17ClFNO3/c1-11-6-7-13(20)16(17(11)19)18(22)21-9-8-12-10-23-14-4-2-3-5-15(14)24-12/h2-7,12H,8-10H2,1H3,(H,21,22)/t12-/m0/s1. The lowest BCUT2D eigenvalue weighted by atomic mass is 10.1. The SMILES string of the molecule is Cc1ccc(F)c(C(=O)NCC[C@H]2COc3ccccc3O2)c1Cl. The van der Waals surface area contributed by atoms with Crippen LogP contribution < -0.4 is 14.8 Å². The molecule has 1 N–H and O–H groups in total. The fraction of sp³-hybridized carbons (Fsp3) is 0.278. The third-order valence-corrected chi connectivity index (χ3v) is 4.32. The Morgan fingerprint density at radius 1 is 1.29 bits per heavy atom. The van der Waals surface area contributed by atoms with Crippen molar-refractivity contribution in [1.29, 1.82) is 0 Å². The number of nitrogens with one attached hydrogen (secondary N) is 1. The Morgan fingerprint density at radius 3 is 2.83 bits per heavy atom. The predicted molar refractivity (Wildman–Crippen MR) is 89.5 cm³/mol. The van der Waals surface area contributed by atoms with Crippen LogP contribution in [-0.4, -0.2) is 25.2 Å². The summed E-state index contributed by atoms with van der Waals surface area (Å²) in [5, 5.41) is 2.82. The molecule has 1 heterocycles. The molecule has 0 bridgehead atoms. The molecule has 0 fully saturated rings. The molecule has 24 heavy (non-hydrogen) atoms. The Bertz CT molecular complexity index is 766. The largest absolute Gasteiger partial charge is 0.486 e. The van der Waals surface area contributed by atoms with Gasteiger partial charge in [-0.1, -0.05) is 29.8 Å². The topological polar surface area (TPSA) is 47.6 Å². The third-order valence-electron chi connectivity index (χ3n) is 3.83. The molecule has 0 saturated heterocycles. The molecule has 0 spiro atoms. The smallest absolute Gasteiger partial charge is 0.255 e. The molecule has 6 heteroatoms. The van der Waals surface area contributed by atoms with Crippen molar-refractivity contribution >= 4 is 17.5 Å². The van der Waals surface area contributed by atoms with Crippen molar-refractivity contribution in [2.24, 2.45) is 0 Å². The fourth-order valence-corrected chi connectivity index (χ4v) is 2.74. The van der Waals surface area contributed by atoms with Crippen LogP contribution in [-0.2, 0) is 0 Å². The summed E-state index contributed by atoms with van der Waals surface area (Å²) in [6, 6.07) is 10.2. The van der Waals surface area contributed by atoms with Crippen LogP contribution in [0.1, 0.15) is 22.3 Å². The molecule has 2 aromatic carbocycles. The summed E-state index contributed by atoms with van der Waals surface area (Å²) in [7, 11) is 0. The van der Waals surface area contributed by atoms with Crippen LogP contribution in [0, 0.1) is 12.7 Å². The molecule has 0 radical (unpaired) electrons. The van der Waals surface area contributed by atoms with Crippen molar-refractivity contribution in [3.63, 3.8) is 0 Å². The molecule has 126 valence electrons. The van der Waals surface area contributed by atoms with Gasteiger partial charge in [0.1, 0.15) is 18.5 Å². The molecular weight excluding hydrogens is 333 g/mol. The predicted octanol–water partition coefficient (Wildman–Crippen LogP) is 3.75. The van der Waals surface area contributed by atoms with Crippen LogP contribution in [0.3, 0.4) is 0 Å². The Morgan fingerprint density at radius 2 is 2.04 bits per heavy atom. The van der Waals surface area contributed by atoms with Gasteiger partial charge in [-0.3, -0.25) is 4.79 Å². The quantitative estimate of drug-likeness (QED) is 0.914. The van der Waals surface area contributed by atoms with Crippen LogP contribution >= 0.6 is 11.6 Å². The molecular formula is C18H17ClFNO3. The summed E-state index contributed by atoms with van der Waals surface area (Å²) < 4.78 is 25.3. The molecule has 4 nitrogen and oxygen atoms in total. The highest BCUT2D eigenvalue weighted by Gasteiger charge is 2.21. The van der Waals surface area contributed by atoms with Crippen molar-refractivity contribution in [2.45, 2.75) is 19.4 Å². The Balaban J connectivity index is 1.56. The monoisotopic (exact) mass is 349 g/mol. The second kappa shape index (κ2) is 7.09. The number of rotatable bonds is 4. The molecule has 1 amide bonds. The van der Waals surface area contributed by atoms with Crippen molar-refractivity contribution in [3.8, 4) is 11.5 Å². The van der Waals surface area contributed by atoms with Crippen molar-refractivity contribution in [2.75, 3.05) is 13.2 Å². The van der Waals surface area contributed by atoms with Gasteiger partial charge in [-0.25, -0.2) is 4.39 Å². The molecule has 1 atom stereocenters. The van der Waals surface area contributed by atoms with Crippen LogP contribution in [0.4, 0.5) is 4.39 Å². The minimum atomic E-state index is -0.630. The first-order chi connectivity index (χ1) is 11.6. The molecule has 0 aliphatic carbocycles. The highest BCUT2D eigenvalue weighted by atomic mass is 35.5. The number of benzene rings is 2. The van der Waals surface area contributed by atoms with E-state index in [4.69, 9.17) is 21.1 Å². The first-order valence-electron chi connectivity index (χ1n) is 7.67. The van der Waals surface area contributed by atoms with Gasteiger partial charge in [0.2, 0.25) is 0 Å². The van der Waals surface area contributed by atoms with E-state index in [-0.39, 0.29) is 16.7 Å². The van der Waals surface area contributed by atoms with Gasteiger partial charge in [-0.15, -0.1) is 0 Å². The van der Waals surface area contributed by atoms with E-state index >= 15 is 0 Å². The Hall–Kier alpha value is -2.27. The number of carbonyl (C=O) groups is 1. The Labute approximate surface area is 144 Å². The van der Waals surface area contributed by atoms with Gasteiger partial charge in [0.05, 0.1) is 10.6 Å². The van der Waals surface area contributed by atoms with E-state index in [0.29, 0.717) is 36.6 Å². The van der Waals surface area contributed by atoms with Crippen LogP contribution in [0.5, 0.6) is 11.5 Å².